The molecule has 0 spiro atoms. The summed E-state index contributed by atoms with van der Waals surface area (Å²) >= 11 is 1.36. The van der Waals surface area contributed by atoms with E-state index in [2.05, 4.69) is 70.8 Å². The number of aryl methyl sites for hydroxylation is 2. The second-order valence-corrected chi connectivity index (χ2v) is 8.43. The molecule has 0 radical (unpaired) electrons. The van der Waals surface area contributed by atoms with Crippen molar-refractivity contribution >= 4 is 47.2 Å². The summed E-state index contributed by atoms with van der Waals surface area (Å²) in [6.07, 6.45) is 0. The summed E-state index contributed by atoms with van der Waals surface area (Å²) in [5.74, 6) is 0.368. The first-order valence-corrected chi connectivity index (χ1v) is 10.9. The highest BCUT2D eigenvalue weighted by Gasteiger charge is 2.21. The predicted octanol–water partition coefficient (Wildman–Crippen LogP) is 4.08. The topological polar surface area (TPSA) is 78.8 Å². The smallest absolute Gasteiger partial charge is 0.350 e. The van der Waals surface area contributed by atoms with E-state index in [1.807, 2.05) is 13.8 Å². The van der Waals surface area contributed by atoms with Crippen LogP contribution in [0.3, 0.4) is 0 Å². The molecule has 2 N–H and O–H groups in total. The lowest BCUT2D eigenvalue weighted by molar-refractivity contribution is 0.0531. The Morgan fingerprint density at radius 2 is 1.90 bits per heavy atom. The molecule has 0 aliphatic carbocycles. The number of carbonyl (C=O) groups excluding carboxylic acids is 1. The number of benzene rings is 1. The number of likely N-dealkylation sites (N-methyl/N-ethyl adjacent to an activating group) is 1. The molecule has 0 aliphatic rings. The van der Waals surface area contributed by atoms with Crippen LogP contribution in [0.1, 0.15) is 57.4 Å². The Balaban J connectivity index is 0.00000480. The number of rotatable bonds is 8. The molecule has 2 atom stereocenters. The van der Waals surface area contributed by atoms with Crippen LogP contribution < -0.4 is 10.6 Å². The Hall–Kier alpha value is -1.72. The van der Waals surface area contributed by atoms with Gasteiger partial charge in [-0.15, -0.1) is 35.3 Å². The lowest BCUT2D eigenvalue weighted by Crippen LogP contribution is -2.42. The molecule has 1 aromatic heterocycles. The summed E-state index contributed by atoms with van der Waals surface area (Å²) in [6.45, 7) is 8.77. The van der Waals surface area contributed by atoms with E-state index in [4.69, 9.17) is 4.74 Å². The number of thiazole rings is 1. The van der Waals surface area contributed by atoms with Gasteiger partial charge in [-0.3, -0.25) is 4.99 Å². The minimum Gasteiger partial charge on any atom is -0.462 e. The number of nitrogens with one attached hydrogen (secondary N) is 2. The summed E-state index contributed by atoms with van der Waals surface area (Å²) in [5, 5.41) is 7.60. The molecule has 2 unspecified atom stereocenters. The Kier molecular flexibility index (Phi) is 11.4. The molecular weight excluding hydrogens is 525 g/mol. The molecule has 9 heteroatoms. The average Bonchev–Trinajstić information content (AvgIpc) is 3.10. The fourth-order valence-electron chi connectivity index (χ4n) is 3.03. The van der Waals surface area contributed by atoms with Gasteiger partial charge >= 0.3 is 5.97 Å². The lowest BCUT2D eigenvalue weighted by Gasteiger charge is -2.26. The van der Waals surface area contributed by atoms with E-state index in [0.29, 0.717) is 29.7 Å². The zero-order chi connectivity index (χ0) is 22.3. The molecule has 172 valence electrons. The number of guanidine groups is 1. The molecule has 2 rings (SSSR count). The Labute approximate surface area is 206 Å². The molecule has 0 bridgehead atoms. The summed E-state index contributed by atoms with van der Waals surface area (Å²) in [4.78, 5) is 23.7. The first-order chi connectivity index (χ1) is 14.3. The van der Waals surface area contributed by atoms with Gasteiger partial charge in [0.05, 0.1) is 24.4 Å². The van der Waals surface area contributed by atoms with Crippen LogP contribution >= 0.6 is 35.3 Å². The zero-order valence-corrected chi connectivity index (χ0v) is 22.5. The third-order valence-corrected chi connectivity index (χ3v) is 6.09. The largest absolute Gasteiger partial charge is 0.462 e. The summed E-state index contributed by atoms with van der Waals surface area (Å²) in [5.41, 5.74) is 3.18. The van der Waals surface area contributed by atoms with Gasteiger partial charge in [0, 0.05) is 13.6 Å². The molecule has 1 aromatic carbocycles. The van der Waals surface area contributed by atoms with Crippen molar-refractivity contribution in [1.82, 2.24) is 20.5 Å². The fourth-order valence-corrected chi connectivity index (χ4v) is 3.99. The number of halogens is 1. The van der Waals surface area contributed by atoms with E-state index in [1.165, 1.54) is 22.5 Å². The van der Waals surface area contributed by atoms with Crippen LogP contribution in [0.4, 0.5) is 0 Å². The number of hydrogen-bond acceptors (Lipinski definition) is 6. The van der Waals surface area contributed by atoms with E-state index in [-0.39, 0.29) is 42.0 Å². The normalized spacial score (nSPS) is 13.4. The molecule has 7 nitrogen and oxygen atoms in total. The molecule has 0 saturated heterocycles. The van der Waals surface area contributed by atoms with Crippen LogP contribution in [0.5, 0.6) is 0 Å². The monoisotopic (exact) mass is 559 g/mol. The molecule has 1 heterocycles. The van der Waals surface area contributed by atoms with Crippen molar-refractivity contribution in [3.05, 3.63) is 51.0 Å². The number of ether oxygens (including phenoxy) is 1. The van der Waals surface area contributed by atoms with Crippen molar-refractivity contribution in [3.8, 4) is 0 Å². The minimum absolute atomic E-state index is 0. The van der Waals surface area contributed by atoms with Crippen molar-refractivity contribution in [3.63, 3.8) is 0 Å². The quantitative estimate of drug-likeness (QED) is 0.220. The molecule has 31 heavy (non-hydrogen) atoms. The van der Waals surface area contributed by atoms with Crippen LogP contribution in [0, 0.1) is 13.8 Å². The molecule has 0 saturated carbocycles. The Bertz CT molecular complexity index is 867. The van der Waals surface area contributed by atoms with E-state index in [0.717, 1.165) is 5.01 Å². The SMILES string of the molecule is CCOC(=O)c1sc(C(C)NC(=NC)NCC(c2ccc(C)cc2)N(C)C)nc1C.I. The molecular formula is C22H34IN5O2S. The van der Waals surface area contributed by atoms with E-state index < -0.39 is 0 Å². The van der Waals surface area contributed by atoms with Crippen LogP contribution in [-0.4, -0.2) is 56.1 Å². The van der Waals surface area contributed by atoms with Crippen LogP contribution in [0.2, 0.25) is 0 Å². The van der Waals surface area contributed by atoms with E-state index in [9.17, 15) is 4.79 Å². The van der Waals surface area contributed by atoms with Gasteiger partial charge in [0.15, 0.2) is 5.96 Å². The number of hydrogen-bond donors (Lipinski definition) is 2. The molecule has 0 amide bonds. The summed E-state index contributed by atoms with van der Waals surface area (Å²) in [7, 11) is 5.89. The van der Waals surface area contributed by atoms with Gasteiger partial charge in [0.2, 0.25) is 0 Å². The molecule has 0 fully saturated rings. The predicted molar refractivity (Wildman–Crippen MR) is 139 cm³/mol. The highest BCUT2D eigenvalue weighted by atomic mass is 127. The molecule has 2 aromatic rings. The number of aromatic nitrogens is 1. The van der Waals surface area contributed by atoms with Gasteiger partial charge in [-0.1, -0.05) is 29.8 Å². The van der Waals surface area contributed by atoms with Crippen molar-refractivity contribution in [1.29, 1.82) is 0 Å². The van der Waals surface area contributed by atoms with Gasteiger partial charge in [0.25, 0.3) is 0 Å². The lowest BCUT2D eigenvalue weighted by atomic mass is 10.0. The highest BCUT2D eigenvalue weighted by Crippen LogP contribution is 2.24. The van der Waals surface area contributed by atoms with Gasteiger partial charge in [-0.25, -0.2) is 9.78 Å². The van der Waals surface area contributed by atoms with Gasteiger partial charge < -0.3 is 20.3 Å². The Morgan fingerprint density at radius 3 is 2.45 bits per heavy atom. The first kappa shape index (κ1) is 27.3. The van der Waals surface area contributed by atoms with Crippen molar-refractivity contribution in [2.75, 3.05) is 34.3 Å². The van der Waals surface area contributed by atoms with Crippen LogP contribution in [0.15, 0.2) is 29.3 Å². The fraction of sp³-hybridized carbons (Fsp3) is 0.500. The third kappa shape index (κ3) is 7.73. The number of carbonyl (C=O) groups is 1. The second-order valence-electron chi connectivity index (χ2n) is 7.40. The van der Waals surface area contributed by atoms with Gasteiger partial charge in [-0.05, 0) is 47.4 Å². The number of aliphatic imine (C=N–C) groups is 1. The molecule has 0 aliphatic heterocycles. The van der Waals surface area contributed by atoms with Gasteiger partial charge in [0.1, 0.15) is 9.88 Å². The maximum Gasteiger partial charge on any atom is 0.350 e. The maximum absolute atomic E-state index is 12.1. The number of esters is 1. The van der Waals surface area contributed by atoms with Crippen LogP contribution in [-0.2, 0) is 4.74 Å². The zero-order valence-electron chi connectivity index (χ0n) is 19.4. The standard InChI is InChI=1S/C22H33N5O2S.HI/c1-8-29-21(28)19-15(3)25-20(30-19)16(4)26-22(23-5)24-13-18(27(6)7)17-11-9-14(2)10-12-17;/h9-12,16,18H,8,13H2,1-7H3,(H2,23,24,26);1H. The highest BCUT2D eigenvalue weighted by molar-refractivity contribution is 14.0. The first-order valence-electron chi connectivity index (χ1n) is 10.1. The summed E-state index contributed by atoms with van der Waals surface area (Å²) < 4.78 is 5.11. The summed E-state index contributed by atoms with van der Waals surface area (Å²) in [6, 6.07) is 8.70. The Morgan fingerprint density at radius 1 is 1.26 bits per heavy atom. The van der Waals surface area contributed by atoms with E-state index >= 15 is 0 Å². The van der Waals surface area contributed by atoms with Crippen LogP contribution in [0.25, 0.3) is 0 Å². The van der Waals surface area contributed by atoms with Crippen molar-refractivity contribution < 1.29 is 9.53 Å². The maximum atomic E-state index is 12.1. The third-order valence-electron chi connectivity index (χ3n) is 4.77. The van der Waals surface area contributed by atoms with Gasteiger partial charge in [-0.2, -0.15) is 0 Å². The minimum atomic E-state index is -0.319. The van der Waals surface area contributed by atoms with Crippen molar-refractivity contribution in [2.24, 2.45) is 4.99 Å². The second kappa shape index (κ2) is 13.0. The number of nitrogens with zero attached hydrogens (tertiary/aromatic N) is 3. The van der Waals surface area contributed by atoms with Crippen molar-refractivity contribution in [2.45, 2.75) is 39.8 Å². The van der Waals surface area contributed by atoms with E-state index in [1.54, 1.807) is 14.0 Å². The average molecular weight is 560 g/mol.